The molecule has 0 aliphatic rings. The molecule has 0 heterocycles. The monoisotopic (exact) mass is 343 g/mol. The highest BCUT2D eigenvalue weighted by Gasteiger charge is 2.10. The maximum Gasteiger partial charge on any atom is 0.142 e. The van der Waals surface area contributed by atoms with Crippen molar-refractivity contribution in [1.82, 2.24) is 5.32 Å². The summed E-state index contributed by atoms with van der Waals surface area (Å²) in [6, 6.07) is 11.0. The average molecular weight is 345 g/mol. The largest absolute Gasteiger partial charge is 0.487 e. The molecular formula is C16H16Cl3NO. The van der Waals surface area contributed by atoms with Crippen molar-refractivity contribution in [2.45, 2.75) is 20.1 Å². The van der Waals surface area contributed by atoms with E-state index in [-0.39, 0.29) is 0 Å². The van der Waals surface area contributed by atoms with Crippen molar-refractivity contribution in [3.63, 3.8) is 0 Å². The van der Waals surface area contributed by atoms with Crippen molar-refractivity contribution < 1.29 is 4.74 Å². The number of halogens is 3. The van der Waals surface area contributed by atoms with Crippen molar-refractivity contribution in [2.75, 3.05) is 6.54 Å². The van der Waals surface area contributed by atoms with Crippen LogP contribution < -0.4 is 10.1 Å². The number of rotatable bonds is 6. The lowest BCUT2D eigenvalue weighted by atomic mass is 10.2. The standard InChI is InChI=1S/C16H16Cl3NO/c1-2-20-9-11-4-3-5-15(19)16(11)21-10-12-8-13(17)6-7-14(12)18/h3-8,20H,2,9-10H2,1H3. The zero-order valence-electron chi connectivity index (χ0n) is 11.6. The number of nitrogens with one attached hydrogen (secondary N) is 1. The van der Waals surface area contributed by atoms with Gasteiger partial charge in [0.25, 0.3) is 0 Å². The number of hydrogen-bond donors (Lipinski definition) is 1. The molecule has 0 aliphatic carbocycles. The van der Waals surface area contributed by atoms with Gasteiger partial charge in [0, 0.05) is 27.7 Å². The van der Waals surface area contributed by atoms with Gasteiger partial charge in [-0.05, 0) is 30.8 Å². The van der Waals surface area contributed by atoms with E-state index in [4.69, 9.17) is 39.5 Å². The maximum absolute atomic E-state index is 6.23. The van der Waals surface area contributed by atoms with Crippen LogP contribution in [0.1, 0.15) is 18.1 Å². The second kappa shape index (κ2) is 7.90. The second-order valence-electron chi connectivity index (χ2n) is 4.53. The summed E-state index contributed by atoms with van der Waals surface area (Å²) in [4.78, 5) is 0. The molecule has 2 nitrogen and oxygen atoms in total. The van der Waals surface area contributed by atoms with Gasteiger partial charge in [-0.15, -0.1) is 0 Å². The number of benzene rings is 2. The van der Waals surface area contributed by atoms with Gasteiger partial charge < -0.3 is 10.1 Å². The Balaban J connectivity index is 2.17. The van der Waals surface area contributed by atoms with Gasteiger partial charge in [0.1, 0.15) is 12.4 Å². The molecule has 0 bridgehead atoms. The molecule has 0 radical (unpaired) electrons. The van der Waals surface area contributed by atoms with E-state index in [2.05, 4.69) is 12.2 Å². The fourth-order valence-electron chi connectivity index (χ4n) is 1.92. The summed E-state index contributed by atoms with van der Waals surface area (Å²) in [5.74, 6) is 0.677. The van der Waals surface area contributed by atoms with Crippen LogP contribution in [0.25, 0.3) is 0 Å². The molecule has 0 aliphatic heterocycles. The Morgan fingerprint density at radius 2 is 1.81 bits per heavy atom. The molecule has 1 N–H and O–H groups in total. The SMILES string of the molecule is CCNCc1cccc(Cl)c1OCc1cc(Cl)ccc1Cl. The zero-order valence-corrected chi connectivity index (χ0v) is 13.9. The molecule has 2 aromatic rings. The summed E-state index contributed by atoms with van der Waals surface area (Å²) in [6.45, 7) is 3.96. The first-order valence-corrected chi connectivity index (χ1v) is 7.80. The molecule has 2 aromatic carbocycles. The summed E-state index contributed by atoms with van der Waals surface area (Å²) in [6.07, 6.45) is 0. The molecular weight excluding hydrogens is 329 g/mol. The highest BCUT2D eigenvalue weighted by molar-refractivity contribution is 6.33. The predicted octanol–water partition coefficient (Wildman–Crippen LogP) is 5.34. The van der Waals surface area contributed by atoms with Crippen LogP contribution >= 0.6 is 34.8 Å². The van der Waals surface area contributed by atoms with E-state index < -0.39 is 0 Å². The Labute approximate surface area is 140 Å². The van der Waals surface area contributed by atoms with Crippen molar-refractivity contribution in [3.8, 4) is 5.75 Å². The highest BCUT2D eigenvalue weighted by atomic mass is 35.5. The number of hydrogen-bond acceptors (Lipinski definition) is 2. The fraction of sp³-hybridized carbons (Fsp3) is 0.250. The first-order valence-electron chi connectivity index (χ1n) is 6.66. The van der Waals surface area contributed by atoms with Crippen molar-refractivity contribution >= 4 is 34.8 Å². The third-order valence-electron chi connectivity index (χ3n) is 2.99. The molecule has 0 atom stereocenters. The lowest BCUT2D eigenvalue weighted by Crippen LogP contribution is -2.13. The molecule has 0 amide bonds. The Hall–Kier alpha value is -0.930. The van der Waals surface area contributed by atoms with Crippen LogP contribution in [0.2, 0.25) is 15.1 Å². The van der Waals surface area contributed by atoms with E-state index in [1.807, 2.05) is 18.2 Å². The molecule has 0 saturated carbocycles. The minimum absolute atomic E-state index is 0.322. The minimum Gasteiger partial charge on any atom is -0.487 e. The van der Waals surface area contributed by atoms with Gasteiger partial charge in [0.15, 0.2) is 0 Å². The van der Waals surface area contributed by atoms with E-state index in [1.54, 1.807) is 18.2 Å². The molecule has 112 valence electrons. The lowest BCUT2D eigenvalue weighted by Gasteiger charge is -2.14. The molecule has 0 aromatic heterocycles. The Morgan fingerprint density at radius 1 is 1.00 bits per heavy atom. The molecule has 21 heavy (non-hydrogen) atoms. The van der Waals surface area contributed by atoms with Crippen LogP contribution in [0.5, 0.6) is 5.75 Å². The van der Waals surface area contributed by atoms with Crippen LogP contribution in [0.3, 0.4) is 0 Å². The normalized spacial score (nSPS) is 10.7. The summed E-state index contributed by atoms with van der Waals surface area (Å²) >= 11 is 18.4. The molecule has 0 spiro atoms. The summed E-state index contributed by atoms with van der Waals surface area (Å²) in [5, 5.41) is 5.11. The van der Waals surface area contributed by atoms with E-state index in [0.717, 1.165) is 17.7 Å². The van der Waals surface area contributed by atoms with Crippen LogP contribution in [-0.4, -0.2) is 6.54 Å². The van der Waals surface area contributed by atoms with Gasteiger partial charge in [-0.2, -0.15) is 0 Å². The maximum atomic E-state index is 6.23. The molecule has 0 fully saturated rings. The third kappa shape index (κ3) is 4.52. The van der Waals surface area contributed by atoms with Gasteiger partial charge in [0.05, 0.1) is 5.02 Å². The van der Waals surface area contributed by atoms with Crippen LogP contribution in [0.15, 0.2) is 36.4 Å². The quantitative estimate of drug-likeness (QED) is 0.764. The predicted molar refractivity (Wildman–Crippen MR) is 89.6 cm³/mol. The Kier molecular flexibility index (Phi) is 6.19. The van der Waals surface area contributed by atoms with Crippen molar-refractivity contribution in [3.05, 3.63) is 62.6 Å². The van der Waals surface area contributed by atoms with Gasteiger partial charge in [-0.1, -0.05) is 53.9 Å². The van der Waals surface area contributed by atoms with Gasteiger partial charge in [-0.25, -0.2) is 0 Å². The number of para-hydroxylation sites is 1. The van der Waals surface area contributed by atoms with Crippen molar-refractivity contribution in [1.29, 1.82) is 0 Å². The first kappa shape index (κ1) is 16.4. The highest BCUT2D eigenvalue weighted by Crippen LogP contribution is 2.30. The first-order chi connectivity index (χ1) is 10.1. The second-order valence-corrected chi connectivity index (χ2v) is 5.78. The van der Waals surface area contributed by atoms with E-state index in [0.29, 0.717) is 34.0 Å². The van der Waals surface area contributed by atoms with Gasteiger partial charge in [0.2, 0.25) is 0 Å². The smallest absolute Gasteiger partial charge is 0.142 e. The Bertz CT molecular complexity index is 616. The van der Waals surface area contributed by atoms with Gasteiger partial charge >= 0.3 is 0 Å². The van der Waals surface area contributed by atoms with E-state index in [9.17, 15) is 0 Å². The van der Waals surface area contributed by atoms with Crippen molar-refractivity contribution in [2.24, 2.45) is 0 Å². The molecule has 0 saturated heterocycles. The summed E-state index contributed by atoms with van der Waals surface area (Å²) in [5.41, 5.74) is 1.85. The van der Waals surface area contributed by atoms with E-state index in [1.165, 1.54) is 0 Å². The van der Waals surface area contributed by atoms with E-state index >= 15 is 0 Å². The number of ether oxygens (including phenoxy) is 1. The minimum atomic E-state index is 0.322. The third-order valence-corrected chi connectivity index (χ3v) is 3.90. The topological polar surface area (TPSA) is 21.3 Å². The molecule has 2 rings (SSSR count). The lowest BCUT2D eigenvalue weighted by molar-refractivity contribution is 0.302. The summed E-state index contributed by atoms with van der Waals surface area (Å²) < 4.78 is 5.87. The van der Waals surface area contributed by atoms with Crippen LogP contribution in [-0.2, 0) is 13.2 Å². The van der Waals surface area contributed by atoms with Crippen LogP contribution in [0, 0.1) is 0 Å². The fourth-order valence-corrected chi connectivity index (χ4v) is 2.53. The van der Waals surface area contributed by atoms with Gasteiger partial charge in [-0.3, -0.25) is 0 Å². The average Bonchev–Trinajstić information content (AvgIpc) is 2.47. The Morgan fingerprint density at radius 3 is 2.57 bits per heavy atom. The zero-order chi connectivity index (χ0) is 15.2. The van der Waals surface area contributed by atoms with Crippen LogP contribution in [0.4, 0.5) is 0 Å². The summed E-state index contributed by atoms with van der Waals surface area (Å²) in [7, 11) is 0. The molecule has 0 unspecified atom stereocenters. The molecule has 5 heteroatoms.